The van der Waals surface area contributed by atoms with Gasteiger partial charge in [0.1, 0.15) is 0 Å². The van der Waals surface area contributed by atoms with Crippen LogP contribution < -0.4 is 0 Å². The van der Waals surface area contributed by atoms with Crippen LogP contribution in [0.1, 0.15) is 13.8 Å². The molecule has 9 heavy (non-hydrogen) atoms. The van der Waals surface area contributed by atoms with Crippen molar-refractivity contribution >= 4 is 0 Å². The Labute approximate surface area is 70.4 Å². The molecule has 0 fully saturated rings. The van der Waals surface area contributed by atoms with E-state index in [0.717, 1.165) is 0 Å². The smallest absolute Gasteiger partial charge is 0.335 e. The molecular weight excluding hydrogens is 197 g/mol. The van der Waals surface area contributed by atoms with Gasteiger partial charge in [-0.25, -0.2) is 12.1 Å². The zero-order valence-corrected chi connectivity index (χ0v) is 7.56. The molecule has 0 aliphatic heterocycles. The predicted molar refractivity (Wildman–Crippen MR) is 37.7 cm³/mol. The van der Waals surface area contributed by atoms with Crippen LogP contribution in [-0.4, -0.2) is 0 Å². The Morgan fingerprint density at radius 2 is 1.44 bits per heavy atom. The minimum absolute atomic E-state index is 0. The van der Waals surface area contributed by atoms with E-state index < -0.39 is 0 Å². The molecule has 0 N–H and O–H groups in total. The van der Waals surface area contributed by atoms with Crippen molar-refractivity contribution in [2.75, 3.05) is 0 Å². The third-order valence-corrected chi connectivity index (χ3v) is 0.556. The van der Waals surface area contributed by atoms with Gasteiger partial charge in [0.05, 0.1) is 0 Å². The van der Waals surface area contributed by atoms with Crippen LogP contribution in [0.15, 0.2) is 30.3 Å². The van der Waals surface area contributed by atoms with E-state index in [4.69, 9.17) is 0 Å². The summed E-state index contributed by atoms with van der Waals surface area (Å²) in [5, 5.41) is 0. The fourth-order valence-electron chi connectivity index (χ4n) is 0.321. The first-order valence-corrected chi connectivity index (χ1v) is 2.82. The Morgan fingerprint density at radius 3 is 1.56 bits per heavy atom. The van der Waals surface area contributed by atoms with Crippen molar-refractivity contribution < 1.29 is 19.5 Å². The maximum atomic E-state index is 2.00. The molecule has 0 atom stereocenters. The van der Waals surface area contributed by atoms with Crippen molar-refractivity contribution in [1.29, 1.82) is 0 Å². The average molecular weight is 209 g/mol. The fourth-order valence-corrected chi connectivity index (χ4v) is 0.321. The molecule has 0 nitrogen and oxygen atoms in total. The molecule has 0 saturated carbocycles. The minimum Gasteiger partial charge on any atom is -0.335 e. The van der Waals surface area contributed by atoms with Crippen molar-refractivity contribution in [2.45, 2.75) is 13.8 Å². The van der Waals surface area contributed by atoms with E-state index in [2.05, 4.69) is 0 Å². The van der Waals surface area contributed by atoms with Gasteiger partial charge in [-0.15, -0.1) is 0 Å². The molecule has 52 valence electrons. The van der Waals surface area contributed by atoms with Gasteiger partial charge in [0.15, 0.2) is 0 Å². The summed E-state index contributed by atoms with van der Waals surface area (Å²) in [6.07, 6.45) is 2.00. The molecule has 0 unspecified atom stereocenters. The van der Waals surface area contributed by atoms with E-state index in [-0.39, 0.29) is 19.5 Å². The molecule has 0 amide bonds. The van der Waals surface area contributed by atoms with Gasteiger partial charge < -0.3 is 6.42 Å². The van der Waals surface area contributed by atoms with Crippen LogP contribution >= 0.6 is 0 Å². The SMILES string of the molecule is C[CH-]C.[Ru+2].c1cc[cH-]c1. The van der Waals surface area contributed by atoms with Gasteiger partial charge in [0.2, 0.25) is 0 Å². The van der Waals surface area contributed by atoms with Crippen LogP contribution in [0.25, 0.3) is 0 Å². The molecule has 0 radical (unpaired) electrons. The first kappa shape index (κ1) is 11.7. The van der Waals surface area contributed by atoms with Crippen molar-refractivity contribution in [3.8, 4) is 0 Å². The van der Waals surface area contributed by atoms with Gasteiger partial charge in [0, 0.05) is 0 Å². The Bertz CT molecular complexity index is 71.5. The Hall–Kier alpha value is -0.0266. The third kappa shape index (κ3) is 11.5. The van der Waals surface area contributed by atoms with Gasteiger partial charge in [-0.1, -0.05) is 0 Å². The standard InChI is InChI=1S/C5H5.C3H7.Ru/c1-2-4-5-3-1;1-3-2;/h1-5H;3H,1-2H3;/q2*-1;+2. The summed E-state index contributed by atoms with van der Waals surface area (Å²) < 4.78 is 0. The molecule has 0 aromatic heterocycles. The molecule has 0 aliphatic rings. The van der Waals surface area contributed by atoms with Crippen LogP contribution in [0.4, 0.5) is 0 Å². The first-order valence-electron chi connectivity index (χ1n) is 2.82. The fraction of sp³-hybridized carbons (Fsp3) is 0.250. The summed E-state index contributed by atoms with van der Waals surface area (Å²) in [5.74, 6) is 0. The normalized spacial score (nSPS) is 6.44. The summed E-state index contributed by atoms with van der Waals surface area (Å²) in [6, 6.07) is 10.0. The molecule has 0 heterocycles. The summed E-state index contributed by atoms with van der Waals surface area (Å²) in [7, 11) is 0. The molecule has 1 rings (SSSR count). The van der Waals surface area contributed by atoms with Gasteiger partial charge >= 0.3 is 19.5 Å². The van der Waals surface area contributed by atoms with Crippen LogP contribution in [-0.2, 0) is 19.5 Å². The number of hydrogen-bond donors (Lipinski definition) is 0. The molecule has 0 saturated heterocycles. The Balaban J connectivity index is 0. The maximum absolute atomic E-state index is 2.00. The van der Waals surface area contributed by atoms with Crippen LogP contribution in [0.3, 0.4) is 0 Å². The number of hydrogen-bond acceptors (Lipinski definition) is 0. The molecule has 0 aliphatic carbocycles. The van der Waals surface area contributed by atoms with E-state index in [9.17, 15) is 0 Å². The zero-order valence-electron chi connectivity index (χ0n) is 5.82. The van der Waals surface area contributed by atoms with Crippen LogP contribution in [0, 0.1) is 6.42 Å². The monoisotopic (exact) mass is 210 g/mol. The van der Waals surface area contributed by atoms with Crippen LogP contribution in [0.2, 0.25) is 0 Å². The quantitative estimate of drug-likeness (QED) is 0.455. The maximum Gasteiger partial charge on any atom is 2.00 e. The second-order valence-electron chi connectivity index (χ2n) is 1.54. The largest absolute Gasteiger partial charge is 2.00 e. The summed E-state index contributed by atoms with van der Waals surface area (Å²) in [5.41, 5.74) is 0. The molecule has 0 spiro atoms. The van der Waals surface area contributed by atoms with Gasteiger partial charge in [-0.2, -0.15) is 32.0 Å². The van der Waals surface area contributed by atoms with Gasteiger partial charge in [-0.05, 0) is 0 Å². The molecule has 1 heteroatoms. The Kier molecular flexibility index (Phi) is 14.2. The zero-order chi connectivity index (χ0) is 6.24. The molecule has 1 aromatic rings. The number of rotatable bonds is 0. The van der Waals surface area contributed by atoms with E-state index in [0.29, 0.717) is 0 Å². The minimum atomic E-state index is 0. The first-order chi connectivity index (χ1) is 3.91. The topological polar surface area (TPSA) is 0 Å². The second kappa shape index (κ2) is 10.9. The van der Waals surface area contributed by atoms with Gasteiger partial charge in [-0.3, -0.25) is 0 Å². The predicted octanol–water partition coefficient (Wildman–Crippen LogP) is 2.63. The van der Waals surface area contributed by atoms with Gasteiger partial charge in [0.25, 0.3) is 0 Å². The third-order valence-electron chi connectivity index (χ3n) is 0.556. The Morgan fingerprint density at radius 1 is 1.11 bits per heavy atom. The van der Waals surface area contributed by atoms with Crippen molar-refractivity contribution in [3.63, 3.8) is 0 Å². The van der Waals surface area contributed by atoms with E-state index in [1.165, 1.54) is 0 Å². The van der Waals surface area contributed by atoms with Crippen LogP contribution in [0.5, 0.6) is 0 Å². The summed E-state index contributed by atoms with van der Waals surface area (Å²) >= 11 is 0. The molecule has 0 bridgehead atoms. The van der Waals surface area contributed by atoms with Crippen molar-refractivity contribution in [3.05, 3.63) is 36.8 Å². The average Bonchev–Trinajstić information content (AvgIpc) is 2.17. The second-order valence-corrected chi connectivity index (χ2v) is 1.54. The van der Waals surface area contributed by atoms with E-state index in [1.807, 2.05) is 50.6 Å². The summed E-state index contributed by atoms with van der Waals surface area (Å²) in [6.45, 7) is 4.00. The summed E-state index contributed by atoms with van der Waals surface area (Å²) in [4.78, 5) is 0. The van der Waals surface area contributed by atoms with Crippen molar-refractivity contribution in [2.24, 2.45) is 0 Å². The van der Waals surface area contributed by atoms with E-state index >= 15 is 0 Å². The molecule has 1 aromatic carbocycles. The molecular formula is C8H12Ru. The van der Waals surface area contributed by atoms with E-state index in [1.54, 1.807) is 0 Å². The van der Waals surface area contributed by atoms with Crippen molar-refractivity contribution in [1.82, 2.24) is 0 Å².